The van der Waals surface area contributed by atoms with Crippen LogP contribution >= 0.6 is 0 Å². The largest absolute Gasteiger partial charge is 0.380 e. The van der Waals surface area contributed by atoms with Gasteiger partial charge >= 0.3 is 0 Å². The number of hydrogen-bond acceptors (Lipinski definition) is 3. The van der Waals surface area contributed by atoms with Crippen LogP contribution in [0.5, 0.6) is 0 Å². The van der Waals surface area contributed by atoms with E-state index in [0.717, 1.165) is 44.3 Å². The minimum atomic E-state index is 0.728. The first kappa shape index (κ1) is 13.3. The molecule has 0 amide bonds. The van der Waals surface area contributed by atoms with E-state index in [0.29, 0.717) is 0 Å². The molecule has 0 spiro atoms. The fourth-order valence-electron chi connectivity index (χ4n) is 3.36. The molecular formula is C14H28N2O. The Morgan fingerprint density at radius 1 is 1.18 bits per heavy atom. The minimum absolute atomic E-state index is 0.728. The van der Waals surface area contributed by atoms with Crippen molar-refractivity contribution in [3.05, 3.63) is 0 Å². The zero-order valence-electron chi connectivity index (χ0n) is 11.5. The van der Waals surface area contributed by atoms with Gasteiger partial charge < -0.3 is 15.0 Å². The van der Waals surface area contributed by atoms with Crippen molar-refractivity contribution in [2.75, 3.05) is 26.8 Å². The molecule has 2 aliphatic heterocycles. The van der Waals surface area contributed by atoms with Gasteiger partial charge in [0.05, 0.1) is 6.61 Å². The molecule has 2 fully saturated rings. The molecule has 0 saturated carbocycles. The summed E-state index contributed by atoms with van der Waals surface area (Å²) in [4.78, 5) is 2.62. The summed E-state index contributed by atoms with van der Waals surface area (Å²) in [6.45, 7) is 4.95. The van der Waals surface area contributed by atoms with Gasteiger partial charge in [0.25, 0.3) is 0 Å². The average molecular weight is 240 g/mol. The number of nitrogens with one attached hydrogen (secondary N) is 1. The van der Waals surface area contributed by atoms with E-state index in [4.69, 9.17) is 4.74 Å². The van der Waals surface area contributed by atoms with Gasteiger partial charge in [-0.3, -0.25) is 0 Å². The summed E-state index contributed by atoms with van der Waals surface area (Å²) in [6, 6.07) is 2.39. The first-order chi connectivity index (χ1) is 8.31. The van der Waals surface area contributed by atoms with Gasteiger partial charge in [0.15, 0.2) is 0 Å². The molecule has 2 rings (SSSR count). The summed E-state index contributed by atoms with van der Waals surface area (Å²) < 4.78 is 5.52. The summed E-state index contributed by atoms with van der Waals surface area (Å²) >= 11 is 0. The van der Waals surface area contributed by atoms with E-state index >= 15 is 0 Å². The third-order valence-electron chi connectivity index (χ3n) is 4.37. The number of piperidine rings is 2. The van der Waals surface area contributed by atoms with Crippen LogP contribution in [0.25, 0.3) is 0 Å². The Labute approximate surface area is 106 Å². The molecule has 2 unspecified atom stereocenters. The second-order valence-corrected chi connectivity index (χ2v) is 5.64. The van der Waals surface area contributed by atoms with Crippen molar-refractivity contribution in [3.63, 3.8) is 0 Å². The van der Waals surface area contributed by atoms with Gasteiger partial charge in [-0.25, -0.2) is 0 Å². The fourth-order valence-corrected chi connectivity index (χ4v) is 3.36. The third-order valence-corrected chi connectivity index (χ3v) is 4.37. The minimum Gasteiger partial charge on any atom is -0.380 e. The fraction of sp³-hybridized carbons (Fsp3) is 1.00. The van der Waals surface area contributed by atoms with Crippen LogP contribution in [-0.2, 0) is 4.74 Å². The van der Waals surface area contributed by atoms with Gasteiger partial charge in [-0.2, -0.15) is 0 Å². The SMILES string of the molecule is CCCOCCNC1CC2CCCC(C1)N2C. The van der Waals surface area contributed by atoms with Crippen LogP contribution in [-0.4, -0.2) is 49.8 Å². The maximum Gasteiger partial charge on any atom is 0.0590 e. The summed E-state index contributed by atoms with van der Waals surface area (Å²) in [5, 5.41) is 3.68. The Kier molecular flexibility index (Phi) is 5.26. The Bertz CT molecular complexity index is 208. The smallest absolute Gasteiger partial charge is 0.0590 e. The highest BCUT2D eigenvalue weighted by molar-refractivity contribution is 4.93. The van der Waals surface area contributed by atoms with Gasteiger partial charge in [-0.05, 0) is 39.2 Å². The molecule has 0 aliphatic carbocycles. The lowest BCUT2D eigenvalue weighted by molar-refractivity contribution is 0.0456. The summed E-state index contributed by atoms with van der Waals surface area (Å²) in [6.07, 6.45) is 8.03. The molecule has 2 saturated heterocycles. The number of rotatable bonds is 6. The number of nitrogens with zero attached hydrogens (tertiary/aromatic N) is 1. The van der Waals surface area contributed by atoms with Crippen LogP contribution in [0.3, 0.4) is 0 Å². The Morgan fingerprint density at radius 3 is 2.53 bits per heavy atom. The standard InChI is InChI=1S/C14H28N2O/c1-3-8-17-9-7-15-12-10-13-5-4-6-14(11-12)16(13)2/h12-15H,3-11H2,1-2H3. The van der Waals surface area contributed by atoms with Gasteiger partial charge in [0.1, 0.15) is 0 Å². The molecule has 1 N–H and O–H groups in total. The van der Waals surface area contributed by atoms with E-state index in [9.17, 15) is 0 Å². The number of hydrogen-bond donors (Lipinski definition) is 1. The van der Waals surface area contributed by atoms with Crippen LogP contribution in [0, 0.1) is 0 Å². The van der Waals surface area contributed by atoms with Crippen molar-refractivity contribution in [2.24, 2.45) is 0 Å². The maximum absolute atomic E-state index is 5.52. The van der Waals surface area contributed by atoms with Gasteiger partial charge in [-0.1, -0.05) is 13.3 Å². The van der Waals surface area contributed by atoms with Gasteiger partial charge in [0.2, 0.25) is 0 Å². The van der Waals surface area contributed by atoms with Gasteiger partial charge in [-0.15, -0.1) is 0 Å². The average Bonchev–Trinajstić information content (AvgIpc) is 2.30. The molecule has 17 heavy (non-hydrogen) atoms. The van der Waals surface area contributed by atoms with Crippen LogP contribution in [0.1, 0.15) is 45.4 Å². The molecule has 0 aromatic carbocycles. The van der Waals surface area contributed by atoms with E-state index in [-0.39, 0.29) is 0 Å². The highest BCUT2D eigenvalue weighted by Crippen LogP contribution is 2.32. The molecular weight excluding hydrogens is 212 g/mol. The Hall–Kier alpha value is -0.120. The lowest BCUT2D eigenvalue weighted by atomic mass is 9.82. The summed E-state index contributed by atoms with van der Waals surface area (Å²) in [5.41, 5.74) is 0. The van der Waals surface area contributed by atoms with Crippen LogP contribution in [0.2, 0.25) is 0 Å². The molecule has 2 atom stereocenters. The molecule has 3 heteroatoms. The zero-order valence-corrected chi connectivity index (χ0v) is 11.5. The highest BCUT2D eigenvalue weighted by atomic mass is 16.5. The van der Waals surface area contributed by atoms with E-state index in [2.05, 4.69) is 24.2 Å². The van der Waals surface area contributed by atoms with Gasteiger partial charge in [0, 0.05) is 31.3 Å². The second-order valence-electron chi connectivity index (χ2n) is 5.64. The quantitative estimate of drug-likeness (QED) is 0.719. The molecule has 3 nitrogen and oxygen atoms in total. The molecule has 0 radical (unpaired) electrons. The predicted molar refractivity (Wildman–Crippen MR) is 71.3 cm³/mol. The van der Waals surface area contributed by atoms with E-state index < -0.39 is 0 Å². The maximum atomic E-state index is 5.52. The molecule has 0 aromatic rings. The van der Waals surface area contributed by atoms with Crippen molar-refractivity contribution < 1.29 is 4.74 Å². The molecule has 2 heterocycles. The second kappa shape index (κ2) is 6.72. The lowest BCUT2D eigenvalue weighted by Crippen LogP contribution is -2.54. The first-order valence-corrected chi connectivity index (χ1v) is 7.34. The van der Waals surface area contributed by atoms with Crippen molar-refractivity contribution >= 4 is 0 Å². The van der Waals surface area contributed by atoms with E-state index in [1.54, 1.807) is 0 Å². The zero-order chi connectivity index (χ0) is 12.1. The predicted octanol–water partition coefficient (Wildman–Crippen LogP) is 2.02. The summed E-state index contributed by atoms with van der Waals surface area (Å²) in [7, 11) is 2.31. The monoisotopic (exact) mass is 240 g/mol. The topological polar surface area (TPSA) is 24.5 Å². The van der Waals surface area contributed by atoms with E-state index in [1.807, 2.05) is 0 Å². The molecule has 0 aromatic heterocycles. The molecule has 2 bridgehead atoms. The van der Waals surface area contributed by atoms with Crippen LogP contribution < -0.4 is 5.32 Å². The van der Waals surface area contributed by atoms with Crippen molar-refractivity contribution in [3.8, 4) is 0 Å². The normalized spacial score (nSPS) is 33.9. The molecule has 100 valence electrons. The molecule has 2 aliphatic rings. The Morgan fingerprint density at radius 2 is 1.88 bits per heavy atom. The highest BCUT2D eigenvalue weighted by Gasteiger charge is 2.35. The van der Waals surface area contributed by atoms with Crippen molar-refractivity contribution in [1.29, 1.82) is 0 Å². The third kappa shape index (κ3) is 3.67. The number of ether oxygens (including phenoxy) is 1. The first-order valence-electron chi connectivity index (χ1n) is 7.34. The summed E-state index contributed by atoms with van der Waals surface area (Å²) in [5.74, 6) is 0. The van der Waals surface area contributed by atoms with Crippen molar-refractivity contribution in [1.82, 2.24) is 10.2 Å². The van der Waals surface area contributed by atoms with Crippen LogP contribution in [0.4, 0.5) is 0 Å². The Balaban J connectivity index is 1.65. The van der Waals surface area contributed by atoms with Crippen molar-refractivity contribution in [2.45, 2.75) is 63.6 Å². The van der Waals surface area contributed by atoms with Crippen LogP contribution in [0.15, 0.2) is 0 Å². The number of fused-ring (bicyclic) bond motifs is 2. The lowest BCUT2D eigenvalue weighted by Gasteiger charge is -2.47. The van der Waals surface area contributed by atoms with E-state index in [1.165, 1.54) is 32.1 Å².